The van der Waals surface area contributed by atoms with Crippen LogP contribution in [0, 0.1) is 0 Å². The maximum atomic E-state index is 6.11. The Bertz CT molecular complexity index is 1020. The number of hydrogen-bond donors (Lipinski definition) is 0. The summed E-state index contributed by atoms with van der Waals surface area (Å²) in [6.07, 6.45) is 9.90. The molecule has 1 aromatic carbocycles. The van der Waals surface area contributed by atoms with Crippen LogP contribution in [0.25, 0.3) is 11.1 Å². The van der Waals surface area contributed by atoms with Crippen LogP contribution in [-0.4, -0.2) is 34.2 Å². The maximum absolute atomic E-state index is 6.11. The van der Waals surface area contributed by atoms with E-state index in [1.807, 2.05) is 18.3 Å². The minimum absolute atomic E-state index is 0.612. The van der Waals surface area contributed by atoms with Gasteiger partial charge in [-0.2, -0.15) is 0 Å². The molecular weight excluding hydrogens is 386 g/mol. The molecule has 3 heterocycles. The average molecular weight is 418 g/mol. The Morgan fingerprint density at radius 3 is 2.55 bits per heavy atom. The fraction of sp³-hybridized carbons (Fsp3) is 0.462. The standard InChI is InChI=1S/C26H31N3O2/c1-3-23-26(24(4-2)31-28-23)20-9-11-25(27-17-20)30-22-10-8-18-12-14-29(21-6-5-7-21)15-13-19(18)16-22/h8-11,16-17,21H,3-7,12-15H2,1-2H3. The lowest BCUT2D eigenvalue weighted by atomic mass is 9.91. The van der Waals surface area contributed by atoms with E-state index in [9.17, 15) is 0 Å². The number of fused-ring (bicyclic) bond motifs is 1. The van der Waals surface area contributed by atoms with Crippen molar-refractivity contribution in [3.05, 3.63) is 59.1 Å². The summed E-state index contributed by atoms with van der Waals surface area (Å²) in [5, 5.41) is 4.21. The predicted molar refractivity (Wildman–Crippen MR) is 122 cm³/mol. The number of hydrogen-bond acceptors (Lipinski definition) is 5. The SMILES string of the molecule is CCc1noc(CC)c1-c1ccc(Oc2ccc3c(c2)CCN(C2CCC2)CC3)nc1. The number of pyridine rings is 1. The topological polar surface area (TPSA) is 51.4 Å². The molecule has 1 fully saturated rings. The van der Waals surface area contributed by atoms with Crippen LogP contribution in [0.3, 0.4) is 0 Å². The molecule has 0 N–H and O–H groups in total. The number of aryl methyl sites for hydroxylation is 2. The van der Waals surface area contributed by atoms with E-state index in [1.165, 1.54) is 36.9 Å². The van der Waals surface area contributed by atoms with Gasteiger partial charge in [-0.3, -0.25) is 4.90 Å². The van der Waals surface area contributed by atoms with Gasteiger partial charge in [0.25, 0.3) is 0 Å². The molecule has 0 bridgehead atoms. The van der Waals surface area contributed by atoms with Gasteiger partial charge in [-0.1, -0.05) is 31.5 Å². The summed E-state index contributed by atoms with van der Waals surface area (Å²) in [5.41, 5.74) is 5.96. The minimum atomic E-state index is 0.612. The van der Waals surface area contributed by atoms with Gasteiger partial charge in [0.15, 0.2) is 0 Å². The van der Waals surface area contributed by atoms with Crippen molar-refractivity contribution in [1.29, 1.82) is 0 Å². The molecule has 0 amide bonds. The van der Waals surface area contributed by atoms with Crippen LogP contribution >= 0.6 is 0 Å². The second kappa shape index (κ2) is 8.83. The molecule has 31 heavy (non-hydrogen) atoms. The lowest BCUT2D eigenvalue weighted by Crippen LogP contribution is -2.41. The van der Waals surface area contributed by atoms with E-state index in [2.05, 4.69) is 47.1 Å². The highest BCUT2D eigenvalue weighted by atomic mass is 16.5. The second-order valence-electron chi connectivity index (χ2n) is 8.67. The van der Waals surface area contributed by atoms with Gasteiger partial charge in [0.2, 0.25) is 5.88 Å². The van der Waals surface area contributed by atoms with Crippen LogP contribution in [0.15, 0.2) is 41.1 Å². The van der Waals surface area contributed by atoms with Crippen molar-refractivity contribution in [2.24, 2.45) is 0 Å². The van der Waals surface area contributed by atoms with Gasteiger partial charge in [-0.25, -0.2) is 4.98 Å². The number of ether oxygens (including phenoxy) is 1. The van der Waals surface area contributed by atoms with E-state index in [4.69, 9.17) is 9.26 Å². The number of benzene rings is 1. The number of aromatic nitrogens is 2. The van der Waals surface area contributed by atoms with E-state index < -0.39 is 0 Å². The van der Waals surface area contributed by atoms with Crippen LogP contribution in [-0.2, 0) is 25.7 Å². The molecule has 0 unspecified atom stereocenters. The summed E-state index contributed by atoms with van der Waals surface area (Å²) in [4.78, 5) is 7.25. The van der Waals surface area contributed by atoms with E-state index in [1.54, 1.807) is 0 Å². The Labute approximate surface area is 184 Å². The Hall–Kier alpha value is -2.66. The van der Waals surface area contributed by atoms with Crippen molar-refractivity contribution in [3.8, 4) is 22.8 Å². The third-order valence-electron chi connectivity index (χ3n) is 6.84. The third kappa shape index (κ3) is 4.11. The zero-order valence-corrected chi connectivity index (χ0v) is 18.6. The van der Waals surface area contributed by atoms with Crippen LogP contribution in [0.4, 0.5) is 0 Å². The summed E-state index contributed by atoms with van der Waals surface area (Å²) in [5.74, 6) is 2.39. The fourth-order valence-corrected chi connectivity index (χ4v) is 4.78. The molecule has 3 aromatic rings. The zero-order valence-electron chi connectivity index (χ0n) is 18.6. The molecule has 2 aromatic heterocycles. The Morgan fingerprint density at radius 2 is 1.87 bits per heavy atom. The highest BCUT2D eigenvalue weighted by Crippen LogP contribution is 2.32. The molecule has 0 atom stereocenters. The zero-order chi connectivity index (χ0) is 21.2. The molecule has 162 valence electrons. The third-order valence-corrected chi connectivity index (χ3v) is 6.84. The van der Waals surface area contributed by atoms with Crippen molar-refractivity contribution >= 4 is 0 Å². The summed E-state index contributed by atoms with van der Waals surface area (Å²) < 4.78 is 11.6. The molecule has 0 saturated heterocycles. The highest BCUT2D eigenvalue weighted by molar-refractivity contribution is 5.67. The molecule has 1 aliphatic heterocycles. The van der Waals surface area contributed by atoms with Gasteiger partial charge >= 0.3 is 0 Å². The van der Waals surface area contributed by atoms with Gasteiger partial charge in [0.05, 0.1) is 5.69 Å². The van der Waals surface area contributed by atoms with Gasteiger partial charge in [0.1, 0.15) is 11.5 Å². The number of rotatable bonds is 6. The molecule has 0 radical (unpaired) electrons. The van der Waals surface area contributed by atoms with E-state index >= 15 is 0 Å². The van der Waals surface area contributed by atoms with E-state index in [-0.39, 0.29) is 0 Å². The fourth-order valence-electron chi connectivity index (χ4n) is 4.78. The van der Waals surface area contributed by atoms with Crippen LogP contribution in [0.2, 0.25) is 0 Å². The van der Waals surface area contributed by atoms with Crippen molar-refractivity contribution < 1.29 is 9.26 Å². The first-order valence-corrected chi connectivity index (χ1v) is 11.7. The smallest absolute Gasteiger partial charge is 0.219 e. The lowest BCUT2D eigenvalue weighted by molar-refractivity contribution is 0.133. The van der Waals surface area contributed by atoms with Crippen molar-refractivity contribution in [2.45, 2.75) is 64.8 Å². The first-order chi connectivity index (χ1) is 15.2. The van der Waals surface area contributed by atoms with Crippen LogP contribution < -0.4 is 4.74 Å². The Kier molecular flexibility index (Phi) is 5.77. The van der Waals surface area contributed by atoms with Crippen molar-refractivity contribution in [2.75, 3.05) is 13.1 Å². The van der Waals surface area contributed by atoms with Crippen LogP contribution in [0.1, 0.15) is 55.7 Å². The summed E-state index contributed by atoms with van der Waals surface area (Å²) >= 11 is 0. The van der Waals surface area contributed by atoms with Gasteiger partial charge in [-0.15, -0.1) is 0 Å². The van der Waals surface area contributed by atoms with Gasteiger partial charge in [-0.05, 0) is 61.4 Å². The minimum Gasteiger partial charge on any atom is -0.439 e. The first-order valence-electron chi connectivity index (χ1n) is 11.7. The van der Waals surface area contributed by atoms with E-state index in [0.717, 1.165) is 66.6 Å². The van der Waals surface area contributed by atoms with Gasteiger partial charge < -0.3 is 9.26 Å². The lowest BCUT2D eigenvalue weighted by Gasteiger charge is -2.36. The second-order valence-corrected chi connectivity index (χ2v) is 8.67. The Balaban J connectivity index is 1.30. The average Bonchev–Trinajstić information content (AvgIpc) is 3.08. The highest BCUT2D eigenvalue weighted by Gasteiger charge is 2.26. The van der Waals surface area contributed by atoms with Crippen molar-refractivity contribution in [1.82, 2.24) is 15.0 Å². The molecule has 1 saturated carbocycles. The van der Waals surface area contributed by atoms with E-state index in [0.29, 0.717) is 5.88 Å². The molecule has 5 rings (SSSR count). The molecule has 5 heteroatoms. The van der Waals surface area contributed by atoms with Gasteiger partial charge in [0, 0.05) is 48.9 Å². The normalized spacial score (nSPS) is 17.1. The summed E-state index contributed by atoms with van der Waals surface area (Å²) in [6.45, 7) is 6.52. The first kappa shape index (κ1) is 20.3. The maximum Gasteiger partial charge on any atom is 0.219 e. The summed E-state index contributed by atoms with van der Waals surface area (Å²) in [7, 11) is 0. The number of nitrogens with zero attached hydrogens (tertiary/aromatic N) is 3. The monoisotopic (exact) mass is 417 g/mol. The van der Waals surface area contributed by atoms with Crippen LogP contribution in [0.5, 0.6) is 11.6 Å². The summed E-state index contributed by atoms with van der Waals surface area (Å²) in [6, 6.07) is 11.3. The molecule has 0 spiro atoms. The molecule has 2 aliphatic rings. The largest absolute Gasteiger partial charge is 0.439 e. The molecule has 1 aliphatic carbocycles. The molecular formula is C26H31N3O2. The Morgan fingerprint density at radius 1 is 1.03 bits per heavy atom. The van der Waals surface area contributed by atoms with Crippen molar-refractivity contribution in [3.63, 3.8) is 0 Å². The predicted octanol–water partition coefficient (Wildman–Crippen LogP) is 5.61. The molecule has 5 nitrogen and oxygen atoms in total. The quantitative estimate of drug-likeness (QED) is 0.522.